The molecule has 2 fully saturated rings. The van der Waals surface area contributed by atoms with Gasteiger partial charge in [-0.15, -0.1) is 0 Å². The summed E-state index contributed by atoms with van der Waals surface area (Å²) < 4.78 is 18.1. The zero-order chi connectivity index (χ0) is 23.2. The summed E-state index contributed by atoms with van der Waals surface area (Å²) in [7, 11) is -0.950. The third kappa shape index (κ3) is 4.48. The standard InChI is InChI=1S/C22H25ClN7O2P/c1-32-20-19(24-11-17(27-20)30-12-22(13-30)8-9-22)29-21-25-10-14(23)18(28-21)26-15-6-4-5-7-16(15)33(2,3)31/h4-7,10-11H,8-9,12-13H2,1-3H3,(H2,24,25,26,28,29). The highest BCUT2D eigenvalue weighted by atomic mass is 35.5. The van der Waals surface area contributed by atoms with E-state index >= 15 is 0 Å². The van der Waals surface area contributed by atoms with E-state index in [0.29, 0.717) is 33.6 Å². The van der Waals surface area contributed by atoms with Crippen molar-refractivity contribution in [3.8, 4) is 5.88 Å². The monoisotopic (exact) mass is 485 g/mol. The Kier molecular flexibility index (Phi) is 5.41. The Morgan fingerprint density at radius 3 is 2.52 bits per heavy atom. The minimum absolute atomic E-state index is 0.275. The molecule has 1 aliphatic carbocycles. The quantitative estimate of drug-likeness (QED) is 0.475. The molecule has 11 heteroatoms. The fraction of sp³-hybridized carbons (Fsp3) is 0.364. The van der Waals surface area contributed by atoms with Crippen LogP contribution in [0.4, 0.5) is 29.1 Å². The fourth-order valence-corrected chi connectivity index (χ4v) is 5.25. The summed E-state index contributed by atoms with van der Waals surface area (Å²) in [5.74, 6) is 2.23. The molecule has 5 rings (SSSR count). The lowest BCUT2D eigenvalue weighted by Crippen LogP contribution is -2.48. The van der Waals surface area contributed by atoms with Crippen molar-refractivity contribution >= 4 is 53.1 Å². The number of benzene rings is 1. The zero-order valence-electron chi connectivity index (χ0n) is 18.7. The van der Waals surface area contributed by atoms with Crippen molar-refractivity contribution in [2.24, 2.45) is 5.41 Å². The number of nitrogens with one attached hydrogen (secondary N) is 2. The number of para-hydroxylation sites is 1. The van der Waals surface area contributed by atoms with Gasteiger partial charge in [0, 0.05) is 23.8 Å². The van der Waals surface area contributed by atoms with Crippen LogP contribution in [0.15, 0.2) is 36.7 Å². The summed E-state index contributed by atoms with van der Waals surface area (Å²) in [6.07, 6.45) is 5.82. The number of methoxy groups -OCH3 is 1. The van der Waals surface area contributed by atoms with Gasteiger partial charge in [-0.3, -0.25) is 0 Å². The average molecular weight is 486 g/mol. The lowest BCUT2D eigenvalue weighted by Gasteiger charge is -2.40. The molecule has 3 aromatic rings. The highest BCUT2D eigenvalue weighted by Crippen LogP contribution is 2.53. The molecule has 0 atom stereocenters. The minimum atomic E-state index is -2.50. The third-order valence-electron chi connectivity index (χ3n) is 5.97. The lowest BCUT2D eigenvalue weighted by atomic mass is 9.97. The summed E-state index contributed by atoms with van der Waals surface area (Å²) >= 11 is 6.34. The van der Waals surface area contributed by atoms with Gasteiger partial charge in [0.2, 0.25) is 5.95 Å². The van der Waals surface area contributed by atoms with Gasteiger partial charge in [0.15, 0.2) is 17.5 Å². The fourth-order valence-electron chi connectivity index (χ4n) is 3.96. The van der Waals surface area contributed by atoms with Crippen LogP contribution in [0.25, 0.3) is 0 Å². The summed E-state index contributed by atoms with van der Waals surface area (Å²) in [5.41, 5.74) is 1.20. The largest absolute Gasteiger partial charge is 0.478 e. The maximum absolute atomic E-state index is 12.7. The SMILES string of the molecule is COc1nc(N2CC3(CC3)C2)cnc1Nc1ncc(Cl)c(Nc2ccccc2P(C)(C)=O)n1. The zero-order valence-corrected chi connectivity index (χ0v) is 20.3. The number of hydrogen-bond acceptors (Lipinski definition) is 9. The molecule has 0 bridgehead atoms. The smallest absolute Gasteiger partial charge is 0.259 e. The second kappa shape index (κ2) is 8.15. The first-order valence-corrected chi connectivity index (χ1v) is 13.6. The molecule has 0 radical (unpaired) electrons. The van der Waals surface area contributed by atoms with Crippen molar-refractivity contribution in [3.05, 3.63) is 41.7 Å². The van der Waals surface area contributed by atoms with Crippen LogP contribution in [-0.2, 0) is 4.57 Å². The van der Waals surface area contributed by atoms with E-state index in [1.165, 1.54) is 19.0 Å². The van der Waals surface area contributed by atoms with E-state index in [4.69, 9.17) is 16.3 Å². The number of nitrogens with zero attached hydrogens (tertiary/aromatic N) is 5. The second-order valence-corrected chi connectivity index (χ2v) is 12.5. The van der Waals surface area contributed by atoms with Crippen LogP contribution in [0.2, 0.25) is 5.02 Å². The Bertz CT molecular complexity index is 1250. The molecule has 2 aromatic heterocycles. The van der Waals surface area contributed by atoms with Gasteiger partial charge in [0.05, 0.1) is 25.2 Å². The first kappa shape index (κ1) is 21.9. The van der Waals surface area contributed by atoms with Crippen LogP contribution in [0, 0.1) is 5.41 Å². The molecule has 2 aliphatic rings. The predicted molar refractivity (Wildman–Crippen MR) is 132 cm³/mol. The Balaban J connectivity index is 1.37. The van der Waals surface area contributed by atoms with E-state index < -0.39 is 7.14 Å². The van der Waals surface area contributed by atoms with Gasteiger partial charge < -0.3 is 24.8 Å². The number of hydrogen-bond donors (Lipinski definition) is 2. The molecule has 1 spiro atoms. The number of aromatic nitrogens is 4. The van der Waals surface area contributed by atoms with Crippen LogP contribution < -0.4 is 25.6 Å². The van der Waals surface area contributed by atoms with Crippen molar-refractivity contribution in [2.75, 3.05) is 49.1 Å². The topological polar surface area (TPSA) is 105 Å². The molecule has 0 unspecified atom stereocenters. The molecule has 3 heterocycles. The van der Waals surface area contributed by atoms with E-state index in [0.717, 1.165) is 24.2 Å². The Labute approximate surface area is 197 Å². The van der Waals surface area contributed by atoms with Crippen LogP contribution in [0.1, 0.15) is 12.8 Å². The van der Waals surface area contributed by atoms with Crippen molar-refractivity contribution < 1.29 is 9.30 Å². The van der Waals surface area contributed by atoms with Crippen molar-refractivity contribution in [1.29, 1.82) is 0 Å². The average Bonchev–Trinajstić information content (AvgIpc) is 3.56. The Hall–Kier alpha value is -2.90. The summed E-state index contributed by atoms with van der Waals surface area (Å²) in [6.45, 7) is 5.50. The third-order valence-corrected chi connectivity index (χ3v) is 7.79. The van der Waals surface area contributed by atoms with Crippen molar-refractivity contribution in [2.45, 2.75) is 12.8 Å². The molecular formula is C22H25ClN7O2P. The van der Waals surface area contributed by atoms with Crippen LogP contribution >= 0.6 is 18.7 Å². The van der Waals surface area contributed by atoms with Crippen LogP contribution in [0.3, 0.4) is 0 Å². The number of anilines is 5. The van der Waals surface area contributed by atoms with Gasteiger partial charge in [-0.1, -0.05) is 23.7 Å². The van der Waals surface area contributed by atoms with E-state index in [1.807, 2.05) is 24.3 Å². The number of ether oxygens (including phenoxy) is 1. The van der Waals surface area contributed by atoms with Gasteiger partial charge in [-0.05, 0) is 38.3 Å². The molecule has 1 aliphatic heterocycles. The summed E-state index contributed by atoms with van der Waals surface area (Å²) in [6, 6.07) is 7.40. The lowest BCUT2D eigenvalue weighted by molar-refractivity contribution is 0.374. The molecule has 172 valence electrons. The number of halogens is 1. The Morgan fingerprint density at radius 2 is 1.82 bits per heavy atom. The maximum atomic E-state index is 12.7. The summed E-state index contributed by atoms with van der Waals surface area (Å²) in [5, 5.41) is 7.30. The van der Waals surface area contributed by atoms with Crippen molar-refractivity contribution in [3.63, 3.8) is 0 Å². The molecule has 1 saturated heterocycles. The second-order valence-electron chi connectivity index (χ2n) is 8.95. The normalized spacial score (nSPS) is 16.3. The van der Waals surface area contributed by atoms with E-state index in [1.54, 1.807) is 26.6 Å². The molecule has 33 heavy (non-hydrogen) atoms. The van der Waals surface area contributed by atoms with Gasteiger partial charge in [-0.2, -0.15) is 9.97 Å². The predicted octanol–water partition coefficient (Wildman–Crippen LogP) is 4.26. The van der Waals surface area contributed by atoms with E-state index in [2.05, 4.69) is 35.5 Å². The van der Waals surface area contributed by atoms with Crippen LogP contribution in [0.5, 0.6) is 5.88 Å². The molecule has 1 aromatic carbocycles. The Morgan fingerprint density at radius 1 is 1.06 bits per heavy atom. The first-order valence-electron chi connectivity index (χ1n) is 10.6. The number of rotatable bonds is 7. The molecule has 2 N–H and O–H groups in total. The minimum Gasteiger partial charge on any atom is -0.478 e. The summed E-state index contributed by atoms with van der Waals surface area (Å²) in [4.78, 5) is 20.0. The van der Waals surface area contributed by atoms with Crippen LogP contribution in [-0.4, -0.2) is 53.5 Å². The molecule has 0 amide bonds. The molecule has 1 saturated carbocycles. The molecule has 9 nitrogen and oxygen atoms in total. The first-order chi connectivity index (χ1) is 15.8. The van der Waals surface area contributed by atoms with Gasteiger partial charge >= 0.3 is 0 Å². The van der Waals surface area contributed by atoms with E-state index in [9.17, 15) is 4.57 Å². The molecular weight excluding hydrogens is 461 g/mol. The van der Waals surface area contributed by atoms with Gasteiger partial charge in [0.25, 0.3) is 5.88 Å². The highest BCUT2D eigenvalue weighted by molar-refractivity contribution is 7.70. The van der Waals surface area contributed by atoms with E-state index in [-0.39, 0.29) is 5.95 Å². The highest BCUT2D eigenvalue weighted by Gasteiger charge is 2.52. The van der Waals surface area contributed by atoms with Gasteiger partial charge in [-0.25, -0.2) is 9.97 Å². The van der Waals surface area contributed by atoms with Gasteiger partial charge in [0.1, 0.15) is 12.2 Å². The maximum Gasteiger partial charge on any atom is 0.259 e. The van der Waals surface area contributed by atoms with Crippen molar-refractivity contribution in [1.82, 2.24) is 19.9 Å².